The second-order valence-electron chi connectivity index (χ2n) is 2.27. The summed E-state index contributed by atoms with van der Waals surface area (Å²) < 4.78 is 12.7. The lowest BCUT2D eigenvalue weighted by atomic mass is 10.2. The van der Waals surface area contributed by atoms with Crippen molar-refractivity contribution in [3.63, 3.8) is 0 Å². The van der Waals surface area contributed by atoms with E-state index >= 15 is 0 Å². The highest BCUT2D eigenvalue weighted by Gasteiger charge is 2.02. The van der Waals surface area contributed by atoms with Crippen LogP contribution in [0.25, 0.3) is 6.08 Å². The van der Waals surface area contributed by atoms with Gasteiger partial charge in [-0.1, -0.05) is 6.58 Å². The summed E-state index contributed by atoms with van der Waals surface area (Å²) in [6.45, 7) is 5.07. The van der Waals surface area contributed by atoms with Crippen LogP contribution in [0.15, 0.2) is 12.6 Å². The molecule has 0 atom stereocenters. The molecular weight excluding hydrogens is 143 g/mol. The predicted octanol–water partition coefficient (Wildman–Crippen LogP) is 1.75. The van der Waals surface area contributed by atoms with Gasteiger partial charge in [0.25, 0.3) is 0 Å². The van der Waals surface area contributed by atoms with Gasteiger partial charge in [-0.05, 0) is 19.1 Å². The van der Waals surface area contributed by atoms with Gasteiger partial charge in [0.2, 0.25) is 5.95 Å². The SMILES string of the molecule is C=Cc1nc(F)c(C)cc1N. The van der Waals surface area contributed by atoms with Crippen LogP contribution in [0.3, 0.4) is 0 Å². The van der Waals surface area contributed by atoms with Crippen molar-refractivity contribution in [1.82, 2.24) is 4.98 Å². The maximum atomic E-state index is 12.7. The van der Waals surface area contributed by atoms with E-state index in [-0.39, 0.29) is 0 Å². The number of nitrogens with zero attached hydrogens (tertiary/aromatic N) is 1. The zero-order valence-corrected chi connectivity index (χ0v) is 6.26. The number of hydrogen-bond donors (Lipinski definition) is 1. The summed E-state index contributed by atoms with van der Waals surface area (Å²) in [7, 11) is 0. The van der Waals surface area contributed by atoms with Crippen LogP contribution in [0.1, 0.15) is 11.3 Å². The van der Waals surface area contributed by atoms with Crippen molar-refractivity contribution in [2.45, 2.75) is 6.92 Å². The average molecular weight is 152 g/mol. The zero-order valence-electron chi connectivity index (χ0n) is 6.26. The van der Waals surface area contributed by atoms with E-state index in [1.807, 2.05) is 0 Å². The normalized spacial score (nSPS) is 9.64. The van der Waals surface area contributed by atoms with Crippen LogP contribution in [-0.4, -0.2) is 4.98 Å². The highest BCUT2D eigenvalue weighted by atomic mass is 19.1. The second kappa shape index (κ2) is 2.70. The summed E-state index contributed by atoms with van der Waals surface area (Å²) in [6, 6.07) is 1.54. The van der Waals surface area contributed by atoms with Gasteiger partial charge in [0.1, 0.15) is 0 Å². The molecule has 0 amide bonds. The molecule has 11 heavy (non-hydrogen) atoms. The molecule has 0 saturated carbocycles. The fourth-order valence-corrected chi connectivity index (χ4v) is 0.789. The summed E-state index contributed by atoms with van der Waals surface area (Å²) >= 11 is 0. The molecular formula is C8H9FN2. The molecule has 1 rings (SSSR count). The van der Waals surface area contributed by atoms with Gasteiger partial charge >= 0.3 is 0 Å². The van der Waals surface area contributed by atoms with Crippen molar-refractivity contribution in [3.05, 3.63) is 29.9 Å². The number of hydrogen-bond acceptors (Lipinski definition) is 2. The van der Waals surface area contributed by atoms with Crippen LogP contribution < -0.4 is 5.73 Å². The van der Waals surface area contributed by atoms with Crippen molar-refractivity contribution in [3.8, 4) is 0 Å². The molecule has 3 heteroatoms. The van der Waals surface area contributed by atoms with E-state index < -0.39 is 5.95 Å². The zero-order chi connectivity index (χ0) is 8.43. The maximum Gasteiger partial charge on any atom is 0.216 e. The molecule has 0 radical (unpaired) electrons. The summed E-state index contributed by atoms with van der Waals surface area (Å²) in [5.74, 6) is -0.492. The third-order valence-corrected chi connectivity index (χ3v) is 1.41. The molecule has 0 spiro atoms. The summed E-state index contributed by atoms with van der Waals surface area (Å²) in [4.78, 5) is 3.58. The molecule has 0 aliphatic carbocycles. The molecule has 0 fully saturated rings. The number of aromatic nitrogens is 1. The maximum absolute atomic E-state index is 12.7. The Morgan fingerprint density at radius 1 is 1.73 bits per heavy atom. The van der Waals surface area contributed by atoms with Gasteiger partial charge in [0.15, 0.2) is 0 Å². The van der Waals surface area contributed by atoms with E-state index in [9.17, 15) is 4.39 Å². The Hall–Kier alpha value is -1.38. The first-order valence-corrected chi connectivity index (χ1v) is 3.20. The van der Waals surface area contributed by atoms with E-state index in [1.54, 1.807) is 13.0 Å². The van der Waals surface area contributed by atoms with Crippen LogP contribution >= 0.6 is 0 Å². The molecule has 0 aromatic carbocycles. The van der Waals surface area contributed by atoms with Crippen LogP contribution in [0, 0.1) is 12.9 Å². The van der Waals surface area contributed by atoms with Gasteiger partial charge in [-0.15, -0.1) is 0 Å². The van der Waals surface area contributed by atoms with Crippen LogP contribution in [0.2, 0.25) is 0 Å². The Kier molecular flexibility index (Phi) is 1.89. The number of rotatable bonds is 1. The van der Waals surface area contributed by atoms with E-state index in [0.717, 1.165) is 0 Å². The average Bonchev–Trinajstić information content (AvgIpc) is 1.97. The van der Waals surface area contributed by atoms with Crippen LogP contribution in [0.5, 0.6) is 0 Å². The van der Waals surface area contributed by atoms with Gasteiger partial charge in [-0.25, -0.2) is 4.98 Å². The number of anilines is 1. The van der Waals surface area contributed by atoms with E-state index in [4.69, 9.17) is 5.73 Å². The third-order valence-electron chi connectivity index (χ3n) is 1.41. The number of pyridine rings is 1. The van der Waals surface area contributed by atoms with Crippen molar-refractivity contribution >= 4 is 11.8 Å². The van der Waals surface area contributed by atoms with Crippen LogP contribution in [-0.2, 0) is 0 Å². The molecule has 1 aromatic rings. The van der Waals surface area contributed by atoms with Gasteiger partial charge in [-0.2, -0.15) is 4.39 Å². The summed E-state index contributed by atoms with van der Waals surface area (Å²) in [5, 5.41) is 0. The van der Waals surface area contributed by atoms with Gasteiger partial charge in [-0.3, -0.25) is 0 Å². The quantitative estimate of drug-likeness (QED) is 0.622. The Labute approximate surface area is 64.6 Å². The molecule has 1 aromatic heterocycles. The minimum Gasteiger partial charge on any atom is -0.397 e. The first-order chi connectivity index (χ1) is 5.15. The van der Waals surface area contributed by atoms with Crippen molar-refractivity contribution in [1.29, 1.82) is 0 Å². The Morgan fingerprint density at radius 2 is 2.36 bits per heavy atom. The molecule has 0 unspecified atom stereocenters. The first-order valence-electron chi connectivity index (χ1n) is 3.20. The minimum absolute atomic E-state index is 0.396. The lowest BCUT2D eigenvalue weighted by Crippen LogP contribution is -1.97. The molecule has 2 N–H and O–H groups in total. The van der Waals surface area contributed by atoms with Crippen molar-refractivity contribution < 1.29 is 4.39 Å². The smallest absolute Gasteiger partial charge is 0.216 e. The monoisotopic (exact) mass is 152 g/mol. The Morgan fingerprint density at radius 3 is 2.91 bits per heavy atom. The standard InChI is InChI=1S/C8H9FN2/c1-3-7-6(10)4-5(2)8(9)11-7/h3-4H,1,10H2,2H3. The lowest BCUT2D eigenvalue weighted by Gasteiger charge is -2.00. The van der Waals surface area contributed by atoms with Gasteiger partial charge < -0.3 is 5.73 Å². The number of nitrogen functional groups attached to an aromatic ring is 1. The van der Waals surface area contributed by atoms with Crippen LogP contribution in [0.4, 0.5) is 10.1 Å². The van der Waals surface area contributed by atoms with E-state index in [2.05, 4.69) is 11.6 Å². The van der Waals surface area contributed by atoms with E-state index in [0.29, 0.717) is 16.9 Å². The van der Waals surface area contributed by atoms with E-state index in [1.165, 1.54) is 6.08 Å². The minimum atomic E-state index is -0.492. The summed E-state index contributed by atoms with van der Waals surface area (Å²) in [5.41, 5.74) is 6.81. The Bertz CT molecular complexity index is 294. The third kappa shape index (κ3) is 1.37. The highest BCUT2D eigenvalue weighted by molar-refractivity contribution is 5.59. The Balaban J connectivity index is 3.31. The largest absolute Gasteiger partial charge is 0.397 e. The molecule has 2 nitrogen and oxygen atoms in total. The van der Waals surface area contributed by atoms with Crippen molar-refractivity contribution in [2.24, 2.45) is 0 Å². The fourth-order valence-electron chi connectivity index (χ4n) is 0.789. The topological polar surface area (TPSA) is 38.9 Å². The second-order valence-corrected chi connectivity index (χ2v) is 2.27. The van der Waals surface area contributed by atoms with Gasteiger partial charge in [0.05, 0.1) is 11.4 Å². The predicted molar refractivity (Wildman–Crippen MR) is 43.4 cm³/mol. The first kappa shape index (κ1) is 7.72. The molecule has 0 bridgehead atoms. The summed E-state index contributed by atoms with van der Waals surface area (Å²) in [6.07, 6.45) is 1.43. The number of halogens is 1. The molecule has 0 saturated heterocycles. The lowest BCUT2D eigenvalue weighted by molar-refractivity contribution is 0.574. The molecule has 0 aliphatic rings. The fraction of sp³-hybridized carbons (Fsp3) is 0.125. The van der Waals surface area contributed by atoms with Gasteiger partial charge in [0, 0.05) is 5.56 Å². The molecule has 58 valence electrons. The highest BCUT2D eigenvalue weighted by Crippen LogP contribution is 2.13. The molecule has 0 aliphatic heterocycles. The molecule has 1 heterocycles. The number of nitrogens with two attached hydrogens (primary N) is 1. The van der Waals surface area contributed by atoms with Crippen molar-refractivity contribution in [2.75, 3.05) is 5.73 Å². The number of aryl methyl sites for hydroxylation is 1.